The highest BCUT2D eigenvalue weighted by atomic mass is 19.2. The molecule has 0 spiro atoms. The van der Waals surface area contributed by atoms with E-state index < -0.39 is 11.6 Å². The Labute approximate surface area is 117 Å². The fraction of sp³-hybridized carbons (Fsp3) is 0.533. The van der Waals surface area contributed by atoms with Gasteiger partial charge >= 0.3 is 0 Å². The number of nitrogens with two attached hydrogens (primary N) is 1. The van der Waals surface area contributed by atoms with Gasteiger partial charge in [0.05, 0.1) is 12.0 Å². The maximum absolute atomic E-state index is 13.1. The van der Waals surface area contributed by atoms with Gasteiger partial charge < -0.3 is 11.1 Å². The normalized spacial score (nSPS) is 17.8. The lowest BCUT2D eigenvalue weighted by atomic mass is 9.81. The first-order chi connectivity index (χ1) is 9.54. The zero-order chi connectivity index (χ0) is 14.6. The van der Waals surface area contributed by atoms with E-state index in [0.29, 0.717) is 12.1 Å². The van der Waals surface area contributed by atoms with Crippen LogP contribution in [0.5, 0.6) is 0 Å². The Morgan fingerprint density at radius 2 is 1.90 bits per heavy atom. The summed E-state index contributed by atoms with van der Waals surface area (Å²) < 4.78 is 25.9. The van der Waals surface area contributed by atoms with Crippen molar-refractivity contribution < 1.29 is 13.6 Å². The van der Waals surface area contributed by atoms with Gasteiger partial charge in [0, 0.05) is 6.54 Å². The summed E-state index contributed by atoms with van der Waals surface area (Å²) in [6.45, 7) is 0.413. The molecule has 0 bridgehead atoms. The van der Waals surface area contributed by atoms with Crippen molar-refractivity contribution >= 4 is 5.91 Å². The van der Waals surface area contributed by atoms with E-state index in [1.54, 1.807) is 0 Å². The van der Waals surface area contributed by atoms with Gasteiger partial charge in [-0.05, 0) is 30.5 Å². The van der Waals surface area contributed by atoms with Crippen molar-refractivity contribution in [3.05, 3.63) is 35.4 Å². The summed E-state index contributed by atoms with van der Waals surface area (Å²) in [7, 11) is 0. The fourth-order valence-electron chi connectivity index (χ4n) is 2.78. The molecule has 1 fully saturated rings. The van der Waals surface area contributed by atoms with Crippen LogP contribution in [0.4, 0.5) is 8.78 Å². The van der Waals surface area contributed by atoms with Crippen LogP contribution < -0.4 is 11.1 Å². The van der Waals surface area contributed by atoms with Gasteiger partial charge in [0.25, 0.3) is 0 Å². The second-order valence-electron chi connectivity index (χ2n) is 5.52. The fourth-order valence-corrected chi connectivity index (χ4v) is 2.78. The van der Waals surface area contributed by atoms with Gasteiger partial charge in [-0.15, -0.1) is 0 Å². The first kappa shape index (κ1) is 14.9. The molecule has 5 heteroatoms. The van der Waals surface area contributed by atoms with Gasteiger partial charge in [-0.1, -0.05) is 25.3 Å². The minimum Gasteiger partial charge on any atom is -0.349 e. The van der Waals surface area contributed by atoms with Crippen molar-refractivity contribution in [1.82, 2.24) is 5.32 Å². The number of amides is 1. The molecule has 1 aromatic rings. The summed E-state index contributed by atoms with van der Waals surface area (Å²) in [6, 6.07) is 3.52. The van der Waals surface area contributed by atoms with Crippen LogP contribution in [0.1, 0.15) is 37.7 Å². The van der Waals surface area contributed by atoms with Crippen LogP contribution in [0, 0.1) is 11.6 Å². The van der Waals surface area contributed by atoms with Crippen LogP contribution in [0.2, 0.25) is 0 Å². The summed E-state index contributed by atoms with van der Waals surface area (Å²) >= 11 is 0. The number of hydrogen-bond acceptors (Lipinski definition) is 2. The molecule has 1 amide bonds. The number of carbonyl (C=O) groups is 1. The summed E-state index contributed by atoms with van der Waals surface area (Å²) in [6.07, 6.45) is 5.09. The molecule has 0 saturated heterocycles. The van der Waals surface area contributed by atoms with Crippen molar-refractivity contribution in [3.63, 3.8) is 0 Å². The number of rotatable bonds is 4. The van der Waals surface area contributed by atoms with Gasteiger partial charge in [0.15, 0.2) is 11.6 Å². The number of carbonyl (C=O) groups excluding carboxylic acids is 1. The van der Waals surface area contributed by atoms with E-state index in [1.165, 1.54) is 12.5 Å². The average Bonchev–Trinajstić information content (AvgIpc) is 2.44. The van der Waals surface area contributed by atoms with Crippen LogP contribution >= 0.6 is 0 Å². The van der Waals surface area contributed by atoms with Crippen LogP contribution in [0.25, 0.3) is 0 Å². The highest BCUT2D eigenvalue weighted by Crippen LogP contribution is 2.27. The summed E-state index contributed by atoms with van der Waals surface area (Å²) in [5.74, 6) is -2.02. The summed E-state index contributed by atoms with van der Waals surface area (Å²) in [5.41, 5.74) is 5.94. The third-order valence-corrected chi connectivity index (χ3v) is 3.95. The molecule has 1 aliphatic rings. The predicted octanol–water partition coefficient (Wildman–Crippen LogP) is 2.29. The maximum atomic E-state index is 13.1. The Kier molecular flexibility index (Phi) is 4.70. The standard InChI is InChI=1S/C15H20F2N2O/c16-12-5-4-11(8-13(12)17)9-14(20)19-15(10-18)6-2-1-3-7-15/h4-5,8H,1-3,6-7,9-10,18H2,(H,19,20). The monoisotopic (exact) mass is 282 g/mol. The average molecular weight is 282 g/mol. The smallest absolute Gasteiger partial charge is 0.224 e. The Morgan fingerprint density at radius 3 is 2.50 bits per heavy atom. The molecule has 0 unspecified atom stereocenters. The molecule has 1 aliphatic carbocycles. The van der Waals surface area contributed by atoms with E-state index in [9.17, 15) is 13.6 Å². The van der Waals surface area contributed by atoms with E-state index in [2.05, 4.69) is 5.32 Å². The Morgan fingerprint density at radius 1 is 1.20 bits per heavy atom. The molecule has 1 saturated carbocycles. The highest BCUT2D eigenvalue weighted by molar-refractivity contribution is 5.79. The Hall–Kier alpha value is -1.49. The van der Waals surface area contributed by atoms with Crippen LogP contribution in [0.3, 0.4) is 0 Å². The molecule has 0 atom stereocenters. The number of hydrogen-bond donors (Lipinski definition) is 2. The molecular formula is C15H20F2N2O. The lowest BCUT2D eigenvalue weighted by Gasteiger charge is -2.37. The molecule has 3 N–H and O–H groups in total. The van der Waals surface area contributed by atoms with Crippen LogP contribution in [-0.2, 0) is 11.2 Å². The molecule has 2 rings (SSSR count). The van der Waals surface area contributed by atoms with E-state index in [0.717, 1.165) is 37.8 Å². The lowest BCUT2D eigenvalue weighted by molar-refractivity contribution is -0.122. The number of halogens is 2. The maximum Gasteiger partial charge on any atom is 0.224 e. The topological polar surface area (TPSA) is 55.1 Å². The van der Waals surface area contributed by atoms with Gasteiger partial charge in [-0.3, -0.25) is 4.79 Å². The van der Waals surface area contributed by atoms with Crippen molar-refractivity contribution in [2.75, 3.05) is 6.54 Å². The molecule has 0 radical (unpaired) electrons. The largest absolute Gasteiger partial charge is 0.349 e. The minimum absolute atomic E-state index is 0.0406. The first-order valence-electron chi connectivity index (χ1n) is 7.00. The SMILES string of the molecule is NCC1(NC(=O)Cc2ccc(F)c(F)c2)CCCCC1. The Bertz CT molecular complexity index is 485. The van der Waals surface area contributed by atoms with Crippen LogP contribution in [-0.4, -0.2) is 18.0 Å². The predicted molar refractivity (Wildman–Crippen MR) is 73.1 cm³/mol. The summed E-state index contributed by atoms with van der Waals surface area (Å²) in [5, 5.41) is 2.98. The molecular weight excluding hydrogens is 262 g/mol. The minimum atomic E-state index is -0.929. The van der Waals surface area contributed by atoms with E-state index >= 15 is 0 Å². The third kappa shape index (κ3) is 3.54. The van der Waals surface area contributed by atoms with E-state index in [4.69, 9.17) is 5.73 Å². The second kappa shape index (κ2) is 6.31. The zero-order valence-electron chi connectivity index (χ0n) is 11.4. The highest BCUT2D eigenvalue weighted by Gasteiger charge is 2.31. The van der Waals surface area contributed by atoms with Gasteiger partial charge in [0.1, 0.15) is 0 Å². The molecule has 1 aromatic carbocycles. The molecule has 20 heavy (non-hydrogen) atoms. The third-order valence-electron chi connectivity index (χ3n) is 3.95. The van der Waals surface area contributed by atoms with E-state index in [1.807, 2.05) is 0 Å². The van der Waals surface area contributed by atoms with E-state index in [-0.39, 0.29) is 17.9 Å². The van der Waals surface area contributed by atoms with Crippen molar-refractivity contribution in [3.8, 4) is 0 Å². The molecule has 3 nitrogen and oxygen atoms in total. The van der Waals surface area contributed by atoms with Crippen molar-refractivity contribution in [1.29, 1.82) is 0 Å². The van der Waals surface area contributed by atoms with Gasteiger partial charge in [-0.2, -0.15) is 0 Å². The number of benzene rings is 1. The van der Waals surface area contributed by atoms with Gasteiger partial charge in [0.2, 0.25) is 5.91 Å². The van der Waals surface area contributed by atoms with Crippen molar-refractivity contribution in [2.45, 2.75) is 44.1 Å². The first-order valence-corrected chi connectivity index (χ1v) is 7.00. The van der Waals surface area contributed by atoms with Crippen LogP contribution in [0.15, 0.2) is 18.2 Å². The molecule has 0 heterocycles. The zero-order valence-corrected chi connectivity index (χ0v) is 11.4. The second-order valence-corrected chi connectivity index (χ2v) is 5.52. The van der Waals surface area contributed by atoms with Crippen molar-refractivity contribution in [2.24, 2.45) is 5.73 Å². The van der Waals surface area contributed by atoms with Gasteiger partial charge in [-0.25, -0.2) is 8.78 Å². The molecule has 110 valence electrons. The molecule has 0 aromatic heterocycles. The Balaban J connectivity index is 1.98. The quantitative estimate of drug-likeness (QED) is 0.890. The molecule has 0 aliphatic heterocycles. The number of nitrogens with one attached hydrogen (secondary N) is 1. The summed E-state index contributed by atoms with van der Waals surface area (Å²) in [4.78, 5) is 12.1. The lowest BCUT2D eigenvalue weighted by Crippen LogP contribution is -2.55.